The van der Waals surface area contributed by atoms with Crippen LogP contribution in [0.5, 0.6) is 0 Å². The molecule has 0 bridgehead atoms. The lowest BCUT2D eigenvalue weighted by molar-refractivity contribution is 0.715. The zero-order valence-electron chi connectivity index (χ0n) is 11.0. The summed E-state index contributed by atoms with van der Waals surface area (Å²) < 4.78 is 2.11. The molecule has 0 aromatic carbocycles. The molecule has 0 unspecified atom stereocenters. The van der Waals surface area contributed by atoms with Crippen LogP contribution >= 0.6 is 24.2 Å². The summed E-state index contributed by atoms with van der Waals surface area (Å²) in [5.74, 6) is 0.943. The molecule has 1 aliphatic heterocycles. The molecule has 0 fully saturated rings. The van der Waals surface area contributed by atoms with E-state index in [1.54, 1.807) is 30.4 Å². The molecule has 2 aromatic heterocycles. The second kappa shape index (κ2) is 6.59. The molecule has 1 aliphatic rings. The first-order valence-electron chi connectivity index (χ1n) is 6.01. The number of imidazole rings is 1. The number of halogens is 1. The van der Waals surface area contributed by atoms with Crippen molar-refractivity contribution in [3.63, 3.8) is 0 Å². The number of pyridine rings is 1. The Morgan fingerprint density at radius 1 is 1.43 bits per heavy atom. The third-order valence-electron chi connectivity index (χ3n) is 2.81. The van der Waals surface area contributed by atoms with Crippen LogP contribution in [0.1, 0.15) is 5.69 Å². The van der Waals surface area contributed by atoms with Crippen LogP contribution in [0.25, 0.3) is 11.3 Å². The summed E-state index contributed by atoms with van der Waals surface area (Å²) in [7, 11) is 0. The molecule has 0 saturated heterocycles. The zero-order chi connectivity index (χ0) is 13.9. The SMILES string of the molecule is Cl.NC(N)=N/N=C/c1c(-c2cccnc2)nc2n1CCS2. The Morgan fingerprint density at radius 2 is 2.29 bits per heavy atom. The lowest BCUT2D eigenvalue weighted by Crippen LogP contribution is -2.21. The van der Waals surface area contributed by atoms with Crippen LogP contribution in [0.2, 0.25) is 0 Å². The molecule has 4 N–H and O–H groups in total. The first-order chi connectivity index (χ1) is 9.75. The second-order valence-corrected chi connectivity index (χ2v) is 5.20. The van der Waals surface area contributed by atoms with Gasteiger partial charge in [0.1, 0.15) is 5.69 Å². The minimum absolute atomic E-state index is 0. The average molecular weight is 324 g/mol. The molecule has 7 nitrogen and oxygen atoms in total. The van der Waals surface area contributed by atoms with E-state index >= 15 is 0 Å². The Hall–Kier alpha value is -2.06. The Labute approximate surface area is 132 Å². The highest BCUT2D eigenvalue weighted by molar-refractivity contribution is 7.99. The number of thioether (sulfide) groups is 1. The highest BCUT2D eigenvalue weighted by Crippen LogP contribution is 2.31. The molecule has 0 aliphatic carbocycles. The van der Waals surface area contributed by atoms with Crippen molar-refractivity contribution in [3.8, 4) is 11.3 Å². The van der Waals surface area contributed by atoms with Crippen molar-refractivity contribution >= 4 is 36.3 Å². The predicted octanol–water partition coefficient (Wildman–Crippen LogP) is 1.08. The topological polar surface area (TPSA) is 107 Å². The number of nitrogens with two attached hydrogens (primary N) is 2. The smallest absolute Gasteiger partial charge is 0.211 e. The maximum Gasteiger partial charge on any atom is 0.211 e. The summed E-state index contributed by atoms with van der Waals surface area (Å²) in [4.78, 5) is 8.77. The first-order valence-corrected chi connectivity index (χ1v) is 7.00. The number of rotatable bonds is 3. The summed E-state index contributed by atoms with van der Waals surface area (Å²) in [6, 6.07) is 3.84. The van der Waals surface area contributed by atoms with Gasteiger partial charge in [-0.3, -0.25) is 4.98 Å². The van der Waals surface area contributed by atoms with Gasteiger partial charge < -0.3 is 16.0 Å². The van der Waals surface area contributed by atoms with Crippen LogP contribution < -0.4 is 11.5 Å². The molecular weight excluding hydrogens is 310 g/mol. The zero-order valence-corrected chi connectivity index (χ0v) is 12.6. The van der Waals surface area contributed by atoms with Crippen LogP contribution in [0.15, 0.2) is 39.9 Å². The molecule has 0 radical (unpaired) electrons. The van der Waals surface area contributed by atoms with E-state index in [0.29, 0.717) is 0 Å². The van der Waals surface area contributed by atoms with Crippen molar-refractivity contribution in [2.24, 2.45) is 21.7 Å². The normalized spacial score (nSPS) is 13.0. The molecule has 9 heteroatoms. The van der Waals surface area contributed by atoms with Crippen molar-refractivity contribution < 1.29 is 0 Å². The van der Waals surface area contributed by atoms with Crippen molar-refractivity contribution in [2.75, 3.05) is 5.75 Å². The third kappa shape index (κ3) is 3.17. The standard InChI is InChI=1S/C12H13N7S.ClH/c13-11(14)18-16-7-9-10(8-2-1-3-15-6-8)17-12-19(9)4-5-20-12;/h1-3,6-7H,4-5H2,(H4,13,14,18);1H/b16-7+;. The Morgan fingerprint density at radius 3 is 3.00 bits per heavy atom. The van der Waals surface area contributed by atoms with Gasteiger partial charge in [-0.25, -0.2) is 4.98 Å². The predicted molar refractivity (Wildman–Crippen MR) is 86.8 cm³/mol. The second-order valence-electron chi connectivity index (χ2n) is 4.14. The molecule has 0 atom stereocenters. The molecular formula is C12H14ClN7S. The minimum atomic E-state index is -0.0697. The monoisotopic (exact) mass is 323 g/mol. The van der Waals surface area contributed by atoms with Crippen LogP contribution in [0.3, 0.4) is 0 Å². The average Bonchev–Trinajstić information content (AvgIpc) is 3.01. The molecule has 3 rings (SSSR count). The molecule has 0 spiro atoms. The van der Waals surface area contributed by atoms with E-state index in [-0.39, 0.29) is 18.4 Å². The molecule has 0 amide bonds. The van der Waals surface area contributed by atoms with Gasteiger partial charge >= 0.3 is 0 Å². The Kier molecular flexibility index (Phi) is 4.81. The maximum atomic E-state index is 5.27. The van der Waals surface area contributed by atoms with Gasteiger partial charge in [0.2, 0.25) is 5.96 Å². The van der Waals surface area contributed by atoms with E-state index < -0.39 is 0 Å². The van der Waals surface area contributed by atoms with Crippen LogP contribution in [0.4, 0.5) is 0 Å². The van der Waals surface area contributed by atoms with E-state index in [4.69, 9.17) is 11.5 Å². The summed E-state index contributed by atoms with van der Waals surface area (Å²) >= 11 is 1.72. The number of guanidine groups is 1. The van der Waals surface area contributed by atoms with Crippen LogP contribution in [0, 0.1) is 0 Å². The van der Waals surface area contributed by atoms with Crippen LogP contribution in [-0.4, -0.2) is 32.5 Å². The van der Waals surface area contributed by atoms with Gasteiger partial charge in [-0.15, -0.1) is 17.5 Å². The fourth-order valence-electron chi connectivity index (χ4n) is 1.99. The van der Waals surface area contributed by atoms with E-state index in [0.717, 1.165) is 34.4 Å². The van der Waals surface area contributed by atoms with Crippen molar-refractivity contribution in [3.05, 3.63) is 30.2 Å². The number of aromatic nitrogens is 3. The fraction of sp³-hybridized carbons (Fsp3) is 0.167. The first kappa shape index (κ1) is 15.3. The van der Waals surface area contributed by atoms with Crippen molar-refractivity contribution in [2.45, 2.75) is 11.7 Å². The van der Waals surface area contributed by atoms with Gasteiger partial charge in [-0.1, -0.05) is 11.8 Å². The van der Waals surface area contributed by atoms with Gasteiger partial charge in [0.05, 0.1) is 11.9 Å². The maximum absolute atomic E-state index is 5.27. The Balaban J connectivity index is 0.00000161. The number of hydrogen-bond acceptors (Lipinski definition) is 5. The molecule has 0 saturated carbocycles. The number of fused-ring (bicyclic) bond motifs is 1. The van der Waals surface area contributed by atoms with Gasteiger partial charge in [-0.05, 0) is 12.1 Å². The highest BCUT2D eigenvalue weighted by Gasteiger charge is 2.21. The summed E-state index contributed by atoms with van der Waals surface area (Å²) in [6.07, 6.45) is 5.14. The summed E-state index contributed by atoms with van der Waals surface area (Å²) in [6.45, 7) is 0.899. The molecule has 110 valence electrons. The minimum Gasteiger partial charge on any atom is -0.369 e. The summed E-state index contributed by atoms with van der Waals surface area (Å²) in [5.41, 5.74) is 13.2. The largest absolute Gasteiger partial charge is 0.369 e. The fourth-order valence-corrected chi connectivity index (χ4v) is 2.95. The molecule has 3 heterocycles. The van der Waals surface area contributed by atoms with Crippen LogP contribution in [-0.2, 0) is 6.54 Å². The molecule has 2 aromatic rings. The van der Waals surface area contributed by atoms with Crippen molar-refractivity contribution in [1.29, 1.82) is 0 Å². The summed E-state index contributed by atoms with van der Waals surface area (Å²) in [5, 5.41) is 8.52. The van der Waals surface area contributed by atoms with Gasteiger partial charge in [0.25, 0.3) is 0 Å². The Bertz CT molecular complexity index is 676. The van der Waals surface area contributed by atoms with Gasteiger partial charge in [-0.2, -0.15) is 5.10 Å². The van der Waals surface area contributed by atoms with Gasteiger partial charge in [0, 0.05) is 30.3 Å². The quantitative estimate of drug-likeness (QED) is 0.499. The highest BCUT2D eigenvalue weighted by atomic mass is 35.5. The van der Waals surface area contributed by atoms with E-state index in [1.807, 2.05) is 12.1 Å². The van der Waals surface area contributed by atoms with E-state index in [9.17, 15) is 0 Å². The number of nitrogens with zero attached hydrogens (tertiary/aromatic N) is 5. The third-order valence-corrected chi connectivity index (χ3v) is 3.76. The van der Waals surface area contributed by atoms with E-state index in [1.165, 1.54) is 0 Å². The van der Waals surface area contributed by atoms with Gasteiger partial charge in [0.15, 0.2) is 5.16 Å². The lowest BCUT2D eigenvalue weighted by atomic mass is 10.2. The van der Waals surface area contributed by atoms with Crippen molar-refractivity contribution in [1.82, 2.24) is 14.5 Å². The lowest BCUT2D eigenvalue weighted by Gasteiger charge is -2.01. The molecule has 21 heavy (non-hydrogen) atoms. The number of hydrogen-bond donors (Lipinski definition) is 2. The van der Waals surface area contributed by atoms with E-state index in [2.05, 4.69) is 24.7 Å².